The summed E-state index contributed by atoms with van der Waals surface area (Å²) in [7, 11) is 0. The molecule has 52 heavy (non-hydrogen) atoms. The van der Waals surface area contributed by atoms with Gasteiger partial charge in [-0.2, -0.15) is 0 Å². The highest BCUT2D eigenvalue weighted by atomic mass is 32.2. The van der Waals surface area contributed by atoms with Crippen molar-refractivity contribution >= 4 is 52.9 Å². The van der Waals surface area contributed by atoms with Crippen molar-refractivity contribution in [2.45, 2.75) is 69.8 Å². The van der Waals surface area contributed by atoms with Gasteiger partial charge in [-0.1, -0.05) is 6.92 Å². The number of nitrogens with zero attached hydrogens (tertiary/aromatic N) is 4. The molecule has 0 spiro atoms. The summed E-state index contributed by atoms with van der Waals surface area (Å²) in [6.07, 6.45) is -1.16. The number of carbonyl (C=O) groups excluding carboxylic acids is 5. The minimum Gasteiger partial charge on any atom is -0.456 e. The van der Waals surface area contributed by atoms with Crippen molar-refractivity contribution in [3.8, 4) is 0 Å². The molecule has 2 aromatic rings. The Bertz CT molecular complexity index is 1850. The lowest BCUT2D eigenvalue weighted by atomic mass is 9.79. The van der Waals surface area contributed by atoms with E-state index >= 15 is 0 Å². The van der Waals surface area contributed by atoms with Crippen LogP contribution < -0.4 is 5.32 Å². The fraction of sp³-hybridized carbons (Fsp3) is 0.441. The molecule has 4 aliphatic heterocycles. The molecule has 7 atom stereocenters. The highest BCUT2D eigenvalue weighted by Gasteiger charge is 2.60. The monoisotopic (exact) mass is 737 g/mol. The summed E-state index contributed by atoms with van der Waals surface area (Å²) in [5, 5.41) is 34.4. The predicted octanol–water partition coefficient (Wildman–Crippen LogP) is 3.18. The molecule has 2 aromatic carbocycles. The highest BCUT2D eigenvalue weighted by molar-refractivity contribution is 8.03. The molecule has 4 heterocycles. The first-order chi connectivity index (χ1) is 24.7. The first kappa shape index (κ1) is 36.4. The number of ether oxygens (including phenoxy) is 2. The number of carbonyl (C=O) groups is 5. The highest BCUT2D eigenvalue weighted by Crippen LogP contribution is 2.52. The van der Waals surface area contributed by atoms with Gasteiger partial charge in [0.1, 0.15) is 18.9 Å². The number of thioether (sulfide) groups is 1. The van der Waals surface area contributed by atoms with Gasteiger partial charge in [0, 0.05) is 65.3 Å². The van der Waals surface area contributed by atoms with Gasteiger partial charge in [0.25, 0.3) is 11.4 Å². The molecule has 4 aliphatic rings. The van der Waals surface area contributed by atoms with Crippen molar-refractivity contribution in [1.29, 1.82) is 0 Å². The Kier molecular flexibility index (Phi) is 10.3. The molecule has 0 aromatic heterocycles. The molecule has 18 heteroatoms. The van der Waals surface area contributed by atoms with Gasteiger partial charge >= 0.3 is 12.1 Å². The van der Waals surface area contributed by atoms with Crippen LogP contribution >= 0.6 is 11.8 Å². The Morgan fingerprint density at radius 3 is 2.08 bits per heavy atom. The SMILES string of the molecule is C[C@@H](O)[C@H]1C(=O)N2C(C(=O)OCc3ccc([N+](=O)[O-])cc3)=C(S[C@H]3C[C@@H](CC4CC(=O)NC4=O)N(C(=O)OCc4ccc([N+](=O)[O-])cc4)C3)[C@H](C)[C@H]12. The van der Waals surface area contributed by atoms with Crippen LogP contribution in [0.15, 0.2) is 59.1 Å². The average molecular weight is 738 g/mol. The molecular weight excluding hydrogens is 702 g/mol. The summed E-state index contributed by atoms with van der Waals surface area (Å²) in [6.45, 7) is 3.09. The number of imide groups is 1. The van der Waals surface area contributed by atoms with Crippen molar-refractivity contribution in [3.63, 3.8) is 0 Å². The first-order valence-corrected chi connectivity index (χ1v) is 17.4. The summed E-state index contributed by atoms with van der Waals surface area (Å²) in [5.74, 6) is -3.85. The van der Waals surface area contributed by atoms with E-state index in [1.165, 1.54) is 77.0 Å². The van der Waals surface area contributed by atoms with Crippen LogP contribution in [0.1, 0.15) is 44.2 Å². The third kappa shape index (κ3) is 7.20. The number of benzene rings is 2. The van der Waals surface area contributed by atoms with E-state index in [4.69, 9.17) is 9.47 Å². The van der Waals surface area contributed by atoms with E-state index in [0.29, 0.717) is 22.5 Å². The second-order valence-corrected chi connectivity index (χ2v) is 14.6. The van der Waals surface area contributed by atoms with Crippen molar-refractivity contribution in [2.24, 2.45) is 17.8 Å². The molecule has 17 nitrogen and oxygen atoms in total. The minimum absolute atomic E-state index is 0.0226. The first-order valence-electron chi connectivity index (χ1n) is 16.6. The van der Waals surface area contributed by atoms with E-state index in [2.05, 4.69) is 5.32 Å². The smallest absolute Gasteiger partial charge is 0.410 e. The Morgan fingerprint density at radius 2 is 1.56 bits per heavy atom. The number of fused-ring (bicyclic) bond motifs is 1. The molecule has 0 bridgehead atoms. The number of aliphatic hydroxyl groups excluding tert-OH is 1. The van der Waals surface area contributed by atoms with Crippen molar-refractivity contribution in [2.75, 3.05) is 6.54 Å². The zero-order chi connectivity index (χ0) is 37.4. The maximum Gasteiger partial charge on any atom is 0.410 e. The van der Waals surface area contributed by atoms with Gasteiger partial charge in [-0.15, -0.1) is 11.8 Å². The molecular formula is C34H35N5O12S. The molecule has 6 rings (SSSR count). The number of hydrogen-bond acceptors (Lipinski definition) is 13. The largest absolute Gasteiger partial charge is 0.456 e. The zero-order valence-corrected chi connectivity index (χ0v) is 28.9. The Hall–Kier alpha value is -5.36. The van der Waals surface area contributed by atoms with E-state index < -0.39 is 69.7 Å². The lowest BCUT2D eigenvalue weighted by Crippen LogP contribution is -2.63. The molecule has 3 saturated heterocycles. The minimum atomic E-state index is -0.977. The van der Waals surface area contributed by atoms with Crippen LogP contribution in [-0.2, 0) is 41.9 Å². The predicted molar refractivity (Wildman–Crippen MR) is 181 cm³/mol. The molecule has 0 aliphatic carbocycles. The Morgan fingerprint density at radius 1 is 0.981 bits per heavy atom. The van der Waals surface area contributed by atoms with Gasteiger partial charge in [0.15, 0.2) is 0 Å². The van der Waals surface area contributed by atoms with Gasteiger partial charge in [-0.25, -0.2) is 9.59 Å². The van der Waals surface area contributed by atoms with E-state index in [-0.39, 0.29) is 60.8 Å². The number of β-lactam (4-membered cyclic amide) rings is 1. The van der Waals surface area contributed by atoms with Crippen LogP contribution in [0.2, 0.25) is 0 Å². The summed E-state index contributed by atoms with van der Waals surface area (Å²) >= 11 is 1.30. The topological polar surface area (TPSA) is 229 Å². The molecule has 0 saturated carbocycles. The second kappa shape index (κ2) is 14.7. The number of non-ortho nitro benzene ring substituents is 2. The standard InChI is InChI=1S/C34H35N5O12S/c1-17-28-27(18(2)40)32(43)37(28)29(33(44)50-15-19-3-7-22(8-4-19)38(46)47)30(17)52-25-13-24(11-21-12-26(41)35-31(21)42)36(14-25)34(45)51-16-20-5-9-23(10-6-20)39(48)49/h3-10,17-18,21,24-25,27-28,40H,11-16H2,1-2H3,(H,35,41,42)/t17-,18-,21?,24-,25+,27-,28-/m1/s1. The summed E-state index contributed by atoms with van der Waals surface area (Å²) < 4.78 is 11.2. The number of nitro groups is 2. The van der Waals surface area contributed by atoms with Crippen molar-refractivity contribution in [1.82, 2.24) is 15.1 Å². The van der Waals surface area contributed by atoms with Gasteiger partial charge in [-0.05, 0) is 55.2 Å². The van der Waals surface area contributed by atoms with Crippen LogP contribution in [-0.4, -0.2) is 84.5 Å². The lowest BCUT2D eigenvalue weighted by Gasteiger charge is -2.46. The maximum absolute atomic E-state index is 13.7. The van der Waals surface area contributed by atoms with Crippen molar-refractivity contribution < 1.29 is 48.4 Å². The van der Waals surface area contributed by atoms with Crippen molar-refractivity contribution in [3.05, 3.63) is 90.5 Å². The van der Waals surface area contributed by atoms with Crippen LogP contribution in [0.25, 0.3) is 0 Å². The zero-order valence-electron chi connectivity index (χ0n) is 28.0. The van der Waals surface area contributed by atoms with Crippen LogP contribution in [0.5, 0.6) is 0 Å². The third-order valence-electron chi connectivity index (χ3n) is 9.85. The third-order valence-corrected chi connectivity index (χ3v) is 11.3. The van der Waals surface area contributed by atoms with E-state index in [0.717, 1.165) is 0 Å². The molecule has 4 amide bonds. The van der Waals surface area contributed by atoms with Gasteiger partial charge in [0.2, 0.25) is 17.7 Å². The van der Waals surface area contributed by atoms with Crippen LogP contribution in [0.4, 0.5) is 16.2 Å². The number of nitro benzene ring substituents is 2. The summed E-state index contributed by atoms with van der Waals surface area (Å²) in [5.41, 5.74) is 0.797. The molecule has 0 radical (unpaired) electrons. The fourth-order valence-electron chi connectivity index (χ4n) is 7.25. The molecule has 2 N–H and O–H groups in total. The quantitative estimate of drug-likeness (QED) is 0.105. The Labute approximate surface area is 300 Å². The van der Waals surface area contributed by atoms with Crippen LogP contribution in [0.3, 0.4) is 0 Å². The number of esters is 1. The lowest BCUT2D eigenvalue weighted by molar-refractivity contribution is -0.385. The number of amides is 4. The van der Waals surface area contributed by atoms with E-state index in [1.54, 1.807) is 0 Å². The van der Waals surface area contributed by atoms with Gasteiger partial charge in [-0.3, -0.25) is 39.9 Å². The van der Waals surface area contributed by atoms with E-state index in [9.17, 15) is 49.3 Å². The summed E-state index contributed by atoms with van der Waals surface area (Å²) in [6, 6.07) is 9.99. The Balaban J connectivity index is 1.22. The van der Waals surface area contributed by atoms with Gasteiger partial charge < -0.3 is 24.4 Å². The van der Waals surface area contributed by atoms with Gasteiger partial charge in [0.05, 0.1) is 27.9 Å². The molecule has 274 valence electrons. The summed E-state index contributed by atoms with van der Waals surface area (Å²) in [4.78, 5) is 89.2. The normalized spacial score (nSPS) is 25.8. The second-order valence-electron chi connectivity index (χ2n) is 13.3. The molecule has 1 unspecified atom stereocenters. The number of rotatable bonds is 12. The molecule has 3 fully saturated rings. The number of aliphatic hydroxyl groups is 1. The number of likely N-dealkylation sites (tertiary alicyclic amines) is 1. The van der Waals surface area contributed by atoms with Crippen LogP contribution in [0, 0.1) is 38.0 Å². The number of nitrogens with one attached hydrogen (secondary N) is 1. The average Bonchev–Trinajstić information content (AvgIpc) is 3.73. The fourth-order valence-corrected chi connectivity index (χ4v) is 8.81. The van der Waals surface area contributed by atoms with E-state index in [1.807, 2.05) is 6.92 Å². The number of hydrogen-bond donors (Lipinski definition) is 2. The maximum atomic E-state index is 13.7.